The highest BCUT2D eigenvalue weighted by atomic mass is 31.1. The van der Waals surface area contributed by atoms with Crippen LogP contribution < -0.4 is 15.9 Å². The molecule has 192 valence electrons. The van der Waals surface area contributed by atoms with Crippen LogP contribution in [0, 0.1) is 11.8 Å². The zero-order chi connectivity index (χ0) is 25.8. The molecule has 0 aromatic heterocycles. The molecule has 0 fully saturated rings. The quantitative estimate of drug-likeness (QED) is 0.339. The van der Waals surface area contributed by atoms with Crippen molar-refractivity contribution in [1.29, 1.82) is 0 Å². The van der Waals surface area contributed by atoms with Crippen molar-refractivity contribution in [3.63, 3.8) is 0 Å². The van der Waals surface area contributed by atoms with Gasteiger partial charge in [-0.25, -0.2) is 9.98 Å². The fourth-order valence-corrected chi connectivity index (χ4v) is 7.46. The topological polar surface area (TPSA) is 43.2 Å². The second-order valence-corrected chi connectivity index (χ2v) is 12.3. The second-order valence-electron chi connectivity index (χ2n) is 10.1. The van der Waals surface area contributed by atoms with Gasteiger partial charge in [-0.15, -0.1) is 0 Å². The van der Waals surface area contributed by atoms with Gasteiger partial charge < -0.3 is 9.47 Å². The lowest BCUT2D eigenvalue weighted by Crippen LogP contribution is -2.28. The third kappa shape index (κ3) is 5.36. The van der Waals surface area contributed by atoms with Crippen LogP contribution in [0.4, 0.5) is 0 Å². The molecule has 2 aliphatic heterocycles. The van der Waals surface area contributed by atoms with Crippen molar-refractivity contribution >= 4 is 35.6 Å². The van der Waals surface area contributed by atoms with Crippen molar-refractivity contribution in [2.75, 3.05) is 13.2 Å². The Morgan fingerprint density at radius 3 is 1.57 bits per heavy atom. The lowest BCUT2D eigenvalue weighted by molar-refractivity contribution is 0.282. The largest absolute Gasteiger partial charge is 0.475 e. The maximum Gasteiger partial charge on any atom is 0.217 e. The van der Waals surface area contributed by atoms with Crippen molar-refractivity contribution in [1.82, 2.24) is 0 Å². The first-order valence-corrected chi connectivity index (χ1v) is 14.9. The fourth-order valence-electron chi connectivity index (χ4n) is 4.88. The molecule has 0 radical (unpaired) electrons. The van der Waals surface area contributed by atoms with E-state index in [1.54, 1.807) is 0 Å². The lowest BCUT2D eigenvalue weighted by atomic mass is 10.0. The molecule has 0 amide bonds. The molecule has 0 bridgehead atoms. The fraction of sp³-hybridized carbons (Fsp3) is 0.375. The van der Waals surface area contributed by atoms with E-state index in [4.69, 9.17) is 19.5 Å². The molecule has 0 unspecified atom stereocenters. The van der Waals surface area contributed by atoms with Crippen LogP contribution in [0.25, 0.3) is 0 Å². The summed E-state index contributed by atoms with van der Waals surface area (Å²) in [5.41, 5.74) is 2.18. The van der Waals surface area contributed by atoms with Gasteiger partial charge in [0, 0.05) is 11.1 Å². The summed E-state index contributed by atoms with van der Waals surface area (Å²) in [6.45, 7) is 10.3. The molecular formula is C32H37N2O2P. The summed E-state index contributed by atoms with van der Waals surface area (Å²) in [4.78, 5) is 10.1. The minimum Gasteiger partial charge on any atom is -0.475 e. The number of hydrogen-bond acceptors (Lipinski definition) is 4. The molecule has 5 heteroatoms. The van der Waals surface area contributed by atoms with Crippen LogP contribution in [0.5, 0.6) is 0 Å². The van der Waals surface area contributed by atoms with Crippen molar-refractivity contribution < 1.29 is 9.47 Å². The molecular weight excluding hydrogens is 475 g/mol. The van der Waals surface area contributed by atoms with Gasteiger partial charge in [-0.2, -0.15) is 0 Å². The van der Waals surface area contributed by atoms with Crippen molar-refractivity contribution in [3.05, 3.63) is 90.0 Å². The Bertz CT molecular complexity index is 1190. The molecule has 4 atom stereocenters. The van der Waals surface area contributed by atoms with Gasteiger partial charge in [-0.05, 0) is 47.8 Å². The van der Waals surface area contributed by atoms with Crippen LogP contribution in [-0.4, -0.2) is 37.1 Å². The van der Waals surface area contributed by atoms with Crippen molar-refractivity contribution in [2.45, 2.75) is 52.6 Å². The van der Waals surface area contributed by atoms with E-state index in [9.17, 15) is 0 Å². The lowest BCUT2D eigenvalue weighted by Gasteiger charge is -2.24. The van der Waals surface area contributed by atoms with Gasteiger partial charge >= 0.3 is 0 Å². The third-order valence-electron chi connectivity index (χ3n) is 7.71. The van der Waals surface area contributed by atoms with Crippen LogP contribution in [0.1, 0.15) is 51.7 Å². The van der Waals surface area contributed by atoms with E-state index in [2.05, 4.69) is 107 Å². The van der Waals surface area contributed by atoms with Gasteiger partial charge in [0.2, 0.25) is 11.8 Å². The molecule has 0 aliphatic carbocycles. The van der Waals surface area contributed by atoms with Crippen LogP contribution in [0.3, 0.4) is 0 Å². The molecule has 2 heterocycles. The predicted octanol–water partition coefficient (Wildman–Crippen LogP) is 5.83. The van der Waals surface area contributed by atoms with Crippen LogP contribution in [-0.2, 0) is 9.47 Å². The highest BCUT2D eigenvalue weighted by molar-refractivity contribution is 7.80. The molecule has 0 saturated heterocycles. The van der Waals surface area contributed by atoms with Crippen LogP contribution in [0.15, 0.2) is 88.8 Å². The predicted molar refractivity (Wildman–Crippen MR) is 157 cm³/mol. The maximum atomic E-state index is 6.23. The van der Waals surface area contributed by atoms with E-state index in [1.165, 1.54) is 15.9 Å². The van der Waals surface area contributed by atoms with Gasteiger partial charge in [-0.1, -0.05) is 107 Å². The average molecular weight is 513 g/mol. The summed E-state index contributed by atoms with van der Waals surface area (Å²) < 4.78 is 12.5. The molecule has 3 aromatic carbocycles. The van der Waals surface area contributed by atoms with Gasteiger partial charge in [0.15, 0.2) is 0 Å². The Balaban J connectivity index is 1.63. The SMILES string of the molecule is CC[C@H](C)[C@@H]1COC(c2ccccc2P(c2ccccc2)c2ccccc2C2=N[C@H]([C@@H](C)CC)CO2)=N1. The van der Waals surface area contributed by atoms with Crippen molar-refractivity contribution in [3.8, 4) is 0 Å². The third-order valence-corrected chi connectivity index (χ3v) is 10.3. The molecule has 4 nitrogen and oxygen atoms in total. The Hall–Kier alpha value is -2.97. The maximum absolute atomic E-state index is 6.23. The Morgan fingerprint density at radius 2 is 1.11 bits per heavy atom. The number of aliphatic imine (C=N–C) groups is 2. The van der Waals surface area contributed by atoms with E-state index < -0.39 is 7.92 Å². The standard InChI is InChI=1S/C32H37N2O2P/c1-5-22(3)27-20-35-31(33-27)25-16-10-12-18-29(25)37(24-14-8-7-9-15-24)30-19-13-11-17-26(30)32-34-28(21-36-32)23(4)6-2/h7-19,22-23,27-28H,5-6,20-21H2,1-4H3/t22-,23-,27-,28-/m0/s1. The molecule has 3 aromatic rings. The summed E-state index contributed by atoms with van der Waals surface area (Å²) in [7, 11) is -0.908. The van der Waals surface area contributed by atoms with E-state index in [0.29, 0.717) is 25.0 Å². The molecule has 37 heavy (non-hydrogen) atoms. The number of benzene rings is 3. The average Bonchev–Trinajstić information content (AvgIpc) is 3.64. The first-order valence-electron chi connectivity index (χ1n) is 13.6. The monoisotopic (exact) mass is 512 g/mol. The van der Waals surface area contributed by atoms with E-state index in [1.807, 2.05) is 0 Å². The van der Waals surface area contributed by atoms with Gasteiger partial charge in [-0.3, -0.25) is 0 Å². The van der Waals surface area contributed by atoms with E-state index >= 15 is 0 Å². The van der Waals surface area contributed by atoms with Gasteiger partial charge in [0.05, 0.1) is 12.1 Å². The Kier molecular flexibility index (Phi) is 8.05. The zero-order valence-corrected chi connectivity index (χ0v) is 23.2. The molecule has 0 saturated carbocycles. The van der Waals surface area contributed by atoms with E-state index in [0.717, 1.165) is 35.8 Å². The van der Waals surface area contributed by atoms with Gasteiger partial charge in [0.25, 0.3) is 0 Å². The number of hydrogen-bond donors (Lipinski definition) is 0. The molecule has 5 rings (SSSR count). The van der Waals surface area contributed by atoms with Crippen molar-refractivity contribution in [2.24, 2.45) is 21.8 Å². The van der Waals surface area contributed by atoms with Crippen LogP contribution >= 0.6 is 7.92 Å². The summed E-state index contributed by atoms with van der Waals surface area (Å²) >= 11 is 0. The zero-order valence-electron chi connectivity index (χ0n) is 22.3. The normalized spacial score (nSPS) is 20.7. The number of ether oxygens (including phenoxy) is 2. The Morgan fingerprint density at radius 1 is 0.676 bits per heavy atom. The molecule has 0 spiro atoms. The number of nitrogens with zero attached hydrogens (tertiary/aromatic N) is 2. The molecule has 2 aliphatic rings. The Labute approximate surface area is 222 Å². The summed E-state index contributed by atoms with van der Waals surface area (Å²) in [5.74, 6) is 2.54. The smallest absolute Gasteiger partial charge is 0.217 e. The van der Waals surface area contributed by atoms with Gasteiger partial charge in [0.1, 0.15) is 13.2 Å². The number of rotatable bonds is 9. The first kappa shape index (κ1) is 25.7. The highest BCUT2D eigenvalue weighted by Gasteiger charge is 2.31. The second kappa shape index (κ2) is 11.6. The highest BCUT2D eigenvalue weighted by Crippen LogP contribution is 2.37. The summed E-state index contributed by atoms with van der Waals surface area (Å²) in [6.07, 6.45) is 2.19. The molecule has 0 N–H and O–H groups in total. The van der Waals surface area contributed by atoms with Crippen LogP contribution in [0.2, 0.25) is 0 Å². The van der Waals surface area contributed by atoms with E-state index in [-0.39, 0.29) is 12.1 Å². The summed E-state index contributed by atoms with van der Waals surface area (Å²) in [5, 5.41) is 3.78. The summed E-state index contributed by atoms with van der Waals surface area (Å²) in [6, 6.07) is 28.5. The minimum atomic E-state index is -0.908. The first-order chi connectivity index (χ1) is 18.1. The minimum absolute atomic E-state index is 0.210.